The van der Waals surface area contributed by atoms with E-state index in [1.165, 1.54) is 11.3 Å². The topological polar surface area (TPSA) is 59.4 Å². The Bertz CT molecular complexity index is 435. The molecule has 0 bridgehead atoms. The molecule has 5 heteroatoms. The summed E-state index contributed by atoms with van der Waals surface area (Å²) in [6, 6.07) is 0. The van der Waals surface area contributed by atoms with Gasteiger partial charge >= 0.3 is 5.97 Å². The summed E-state index contributed by atoms with van der Waals surface area (Å²) >= 11 is 1.25. The maximum absolute atomic E-state index is 11.2. The highest BCUT2D eigenvalue weighted by atomic mass is 32.1. The maximum atomic E-state index is 11.2. The van der Waals surface area contributed by atoms with Crippen molar-refractivity contribution in [3.8, 4) is 0 Å². The van der Waals surface area contributed by atoms with Gasteiger partial charge in [0.05, 0.1) is 5.69 Å². The van der Waals surface area contributed by atoms with Crippen molar-refractivity contribution < 1.29 is 14.6 Å². The molecule has 1 N–H and O–H groups in total. The van der Waals surface area contributed by atoms with Gasteiger partial charge in [0.25, 0.3) is 0 Å². The minimum absolute atomic E-state index is 0.350. The van der Waals surface area contributed by atoms with Gasteiger partial charge in [-0.15, -0.1) is 11.3 Å². The number of hydrogen-bond acceptors (Lipinski definition) is 4. The summed E-state index contributed by atoms with van der Waals surface area (Å²) in [5.41, 5.74) is 0.252. The minimum Gasteiger partial charge on any atom is -0.477 e. The Hall–Kier alpha value is -0.940. The van der Waals surface area contributed by atoms with E-state index in [0.29, 0.717) is 17.4 Å². The van der Waals surface area contributed by atoms with Crippen LogP contribution in [0.5, 0.6) is 0 Å². The van der Waals surface area contributed by atoms with E-state index in [9.17, 15) is 9.90 Å². The average molecular weight is 255 g/mol. The maximum Gasteiger partial charge on any atom is 0.347 e. The lowest BCUT2D eigenvalue weighted by molar-refractivity contribution is -0.0142. The van der Waals surface area contributed by atoms with Gasteiger partial charge in [0.2, 0.25) is 0 Å². The van der Waals surface area contributed by atoms with Crippen molar-refractivity contribution in [1.29, 1.82) is 0 Å². The Morgan fingerprint density at radius 1 is 1.59 bits per heavy atom. The molecule has 0 radical (unpaired) electrons. The van der Waals surface area contributed by atoms with Crippen LogP contribution in [0.25, 0.3) is 0 Å². The molecule has 94 valence electrons. The lowest BCUT2D eigenvalue weighted by Gasteiger charge is -2.21. The summed E-state index contributed by atoms with van der Waals surface area (Å²) in [4.78, 5) is 16.1. The van der Waals surface area contributed by atoms with Gasteiger partial charge in [-0.25, -0.2) is 9.78 Å². The van der Waals surface area contributed by atoms with Crippen molar-refractivity contribution in [1.82, 2.24) is 4.98 Å². The molecule has 1 aliphatic rings. The fourth-order valence-electron chi connectivity index (χ4n) is 1.80. The molecular formula is C12H17NO3S. The van der Waals surface area contributed by atoms with Gasteiger partial charge in [-0.1, -0.05) is 0 Å². The van der Waals surface area contributed by atoms with Crippen LogP contribution in [-0.2, 0) is 10.3 Å². The smallest absolute Gasteiger partial charge is 0.347 e. The van der Waals surface area contributed by atoms with E-state index in [0.717, 1.165) is 23.5 Å². The summed E-state index contributed by atoms with van der Waals surface area (Å²) in [6.07, 6.45) is 2.11. The third-order valence-electron chi connectivity index (χ3n) is 2.83. The fourth-order valence-corrected chi connectivity index (χ4v) is 2.84. The van der Waals surface area contributed by atoms with Crippen LogP contribution in [-0.4, -0.2) is 22.7 Å². The number of nitrogens with zero attached hydrogens (tertiary/aromatic N) is 1. The molecule has 0 aromatic carbocycles. The van der Waals surface area contributed by atoms with Crippen molar-refractivity contribution in [2.45, 2.75) is 45.1 Å². The van der Waals surface area contributed by atoms with E-state index in [-0.39, 0.29) is 0 Å². The minimum atomic E-state index is -0.872. The van der Waals surface area contributed by atoms with Gasteiger partial charge < -0.3 is 9.84 Å². The molecule has 0 spiro atoms. The van der Waals surface area contributed by atoms with Crippen molar-refractivity contribution in [3.63, 3.8) is 0 Å². The number of carbonyl (C=O) groups is 1. The molecule has 4 nitrogen and oxygen atoms in total. The molecule has 0 saturated heterocycles. The number of hydrogen-bond donors (Lipinski definition) is 1. The Balaban J connectivity index is 2.36. The third-order valence-corrected chi connectivity index (χ3v) is 4.20. The normalized spacial score (nSPS) is 16.2. The number of rotatable bonds is 5. The number of aromatic nitrogens is 1. The predicted molar refractivity (Wildman–Crippen MR) is 65.7 cm³/mol. The quantitative estimate of drug-likeness (QED) is 0.878. The van der Waals surface area contributed by atoms with Crippen molar-refractivity contribution in [2.75, 3.05) is 6.61 Å². The van der Waals surface area contributed by atoms with Gasteiger partial charge in [0.15, 0.2) is 0 Å². The zero-order valence-corrected chi connectivity index (χ0v) is 11.1. The molecule has 1 saturated carbocycles. The lowest BCUT2D eigenvalue weighted by atomic mass is 10.1. The standard InChI is InChI=1S/C12H17NO3S/c1-4-16-12(2,3)11-13-8(7-5-6-7)9(17-11)10(14)15/h7H,4-6H2,1-3H3,(H,14,15). The van der Waals surface area contributed by atoms with E-state index >= 15 is 0 Å². The number of carboxylic acid groups (broad SMARTS) is 1. The second-order valence-corrected chi connectivity index (χ2v) is 5.76. The van der Waals surface area contributed by atoms with Crippen molar-refractivity contribution in [3.05, 3.63) is 15.6 Å². The number of ether oxygens (including phenoxy) is 1. The van der Waals surface area contributed by atoms with Crippen LogP contribution < -0.4 is 0 Å². The Labute approximate surface area is 105 Å². The van der Waals surface area contributed by atoms with Crippen LogP contribution in [0.4, 0.5) is 0 Å². The number of aromatic carboxylic acids is 1. The van der Waals surface area contributed by atoms with Crippen LogP contribution in [0.2, 0.25) is 0 Å². The largest absolute Gasteiger partial charge is 0.477 e. The SMILES string of the molecule is CCOC(C)(C)c1nc(C2CC2)c(C(=O)O)s1. The molecular weight excluding hydrogens is 238 g/mol. The Morgan fingerprint density at radius 2 is 2.24 bits per heavy atom. The number of thiazole rings is 1. The summed E-state index contributed by atoms with van der Waals surface area (Å²) < 4.78 is 5.62. The van der Waals surface area contributed by atoms with E-state index in [1.54, 1.807) is 0 Å². The molecule has 0 atom stereocenters. The molecule has 17 heavy (non-hydrogen) atoms. The third kappa shape index (κ3) is 2.50. The fraction of sp³-hybridized carbons (Fsp3) is 0.667. The molecule has 1 fully saturated rings. The first kappa shape index (κ1) is 12.5. The van der Waals surface area contributed by atoms with E-state index in [4.69, 9.17) is 4.74 Å². The summed E-state index contributed by atoms with van der Waals surface area (Å²) in [5.74, 6) is -0.522. The highest BCUT2D eigenvalue weighted by Gasteiger charge is 2.35. The molecule has 1 aromatic heterocycles. The van der Waals surface area contributed by atoms with E-state index in [2.05, 4.69) is 4.98 Å². The van der Waals surface area contributed by atoms with Crippen LogP contribution in [0.1, 0.15) is 59.9 Å². The summed E-state index contributed by atoms with van der Waals surface area (Å²) in [7, 11) is 0. The second kappa shape index (κ2) is 4.38. The molecule has 0 amide bonds. The van der Waals surface area contributed by atoms with Crippen molar-refractivity contribution >= 4 is 17.3 Å². The highest BCUT2D eigenvalue weighted by Crippen LogP contribution is 2.44. The van der Waals surface area contributed by atoms with Crippen LogP contribution in [0.15, 0.2) is 0 Å². The van der Waals surface area contributed by atoms with E-state index in [1.807, 2.05) is 20.8 Å². The lowest BCUT2D eigenvalue weighted by Crippen LogP contribution is -2.21. The summed E-state index contributed by atoms with van der Waals surface area (Å²) in [6.45, 7) is 6.37. The van der Waals surface area contributed by atoms with Gasteiger partial charge in [-0.3, -0.25) is 0 Å². The molecule has 2 rings (SSSR count). The van der Waals surface area contributed by atoms with Crippen LogP contribution >= 0.6 is 11.3 Å². The van der Waals surface area contributed by atoms with Crippen molar-refractivity contribution in [2.24, 2.45) is 0 Å². The van der Waals surface area contributed by atoms with Crippen LogP contribution in [0, 0.1) is 0 Å². The summed E-state index contributed by atoms with van der Waals surface area (Å²) in [5, 5.41) is 9.94. The molecule has 1 heterocycles. The predicted octanol–water partition coefficient (Wildman–Crippen LogP) is 2.99. The Kier molecular flexibility index (Phi) is 3.23. The average Bonchev–Trinajstić information content (AvgIpc) is 2.96. The number of carboxylic acids is 1. The zero-order chi connectivity index (χ0) is 12.6. The second-order valence-electron chi connectivity index (χ2n) is 4.76. The molecule has 1 aliphatic carbocycles. The molecule has 1 aromatic rings. The van der Waals surface area contributed by atoms with Gasteiger partial charge in [-0.05, 0) is 33.6 Å². The van der Waals surface area contributed by atoms with Crippen LogP contribution in [0.3, 0.4) is 0 Å². The van der Waals surface area contributed by atoms with Gasteiger partial charge in [-0.2, -0.15) is 0 Å². The molecule has 0 unspecified atom stereocenters. The van der Waals surface area contributed by atoms with Gasteiger partial charge in [0.1, 0.15) is 15.5 Å². The first-order valence-corrected chi connectivity index (χ1v) is 6.65. The zero-order valence-electron chi connectivity index (χ0n) is 10.3. The monoisotopic (exact) mass is 255 g/mol. The molecule has 0 aliphatic heterocycles. The highest BCUT2D eigenvalue weighted by molar-refractivity contribution is 7.13. The Morgan fingerprint density at radius 3 is 2.71 bits per heavy atom. The first-order chi connectivity index (χ1) is 7.95. The first-order valence-electron chi connectivity index (χ1n) is 5.84. The van der Waals surface area contributed by atoms with E-state index < -0.39 is 11.6 Å². The van der Waals surface area contributed by atoms with Gasteiger partial charge in [0, 0.05) is 12.5 Å².